The second-order valence-electron chi connectivity index (χ2n) is 7.33. The van der Waals surface area contributed by atoms with Gasteiger partial charge in [-0.2, -0.15) is 0 Å². The summed E-state index contributed by atoms with van der Waals surface area (Å²) < 4.78 is 5.11. The molecule has 0 saturated carbocycles. The van der Waals surface area contributed by atoms with E-state index in [-0.39, 0.29) is 12.0 Å². The highest BCUT2D eigenvalue weighted by Gasteiger charge is 2.22. The number of aromatic nitrogens is 1. The maximum absolute atomic E-state index is 12.0. The first kappa shape index (κ1) is 23.6. The zero-order valence-electron chi connectivity index (χ0n) is 18.6. The van der Waals surface area contributed by atoms with Gasteiger partial charge in [0, 0.05) is 45.8 Å². The van der Waals surface area contributed by atoms with Crippen molar-refractivity contribution in [2.24, 2.45) is 4.99 Å². The fourth-order valence-electron chi connectivity index (χ4n) is 3.34. The first-order valence-electron chi connectivity index (χ1n) is 10.5. The molecule has 164 valence electrons. The molecule has 2 unspecified atom stereocenters. The molecule has 9 heteroatoms. The van der Waals surface area contributed by atoms with Crippen LogP contribution in [0.15, 0.2) is 4.99 Å². The van der Waals surface area contributed by atoms with E-state index in [2.05, 4.69) is 44.3 Å². The maximum atomic E-state index is 12.0. The van der Waals surface area contributed by atoms with Gasteiger partial charge in [0.1, 0.15) is 9.88 Å². The second kappa shape index (κ2) is 11.5. The Morgan fingerprint density at radius 1 is 1.28 bits per heavy atom. The molecule has 1 aliphatic heterocycles. The van der Waals surface area contributed by atoms with Crippen molar-refractivity contribution in [1.82, 2.24) is 25.4 Å². The minimum absolute atomic E-state index is 0.0588. The number of carbonyl (C=O) groups excluding carboxylic acids is 1. The van der Waals surface area contributed by atoms with Crippen LogP contribution in [0.4, 0.5) is 0 Å². The van der Waals surface area contributed by atoms with E-state index in [9.17, 15) is 4.79 Å². The smallest absolute Gasteiger partial charge is 0.350 e. The molecular formula is C20H36N6O2S. The van der Waals surface area contributed by atoms with E-state index in [1.807, 2.05) is 13.8 Å². The highest BCUT2D eigenvalue weighted by molar-refractivity contribution is 7.13. The molecule has 0 amide bonds. The molecule has 0 aliphatic carbocycles. The molecule has 0 bridgehead atoms. The summed E-state index contributed by atoms with van der Waals surface area (Å²) in [6.07, 6.45) is 0. The van der Waals surface area contributed by atoms with Crippen LogP contribution < -0.4 is 10.6 Å². The molecule has 1 fully saturated rings. The number of likely N-dealkylation sites (N-methyl/N-ethyl adjacent to an activating group) is 1. The van der Waals surface area contributed by atoms with Crippen LogP contribution in [0, 0.1) is 6.92 Å². The van der Waals surface area contributed by atoms with Gasteiger partial charge in [0.15, 0.2) is 5.96 Å². The standard InChI is InChI=1S/C20H36N6O2S/c1-7-25-9-11-26(12-10-25)14(3)13-22-20(21-6)24-16(5)18-23-15(4)17(29-18)19(27)28-8-2/h14,16H,7-13H2,1-6H3,(H2,21,22,24). The maximum Gasteiger partial charge on any atom is 0.350 e. The molecule has 1 aromatic heterocycles. The zero-order valence-corrected chi connectivity index (χ0v) is 19.4. The van der Waals surface area contributed by atoms with Crippen molar-refractivity contribution in [2.75, 3.05) is 52.9 Å². The van der Waals surface area contributed by atoms with Crippen LogP contribution >= 0.6 is 11.3 Å². The number of ether oxygens (including phenoxy) is 1. The topological polar surface area (TPSA) is 82.1 Å². The van der Waals surface area contributed by atoms with Crippen LogP contribution in [0.5, 0.6) is 0 Å². The predicted molar refractivity (Wildman–Crippen MR) is 119 cm³/mol. The van der Waals surface area contributed by atoms with E-state index in [1.165, 1.54) is 11.3 Å². The van der Waals surface area contributed by atoms with Gasteiger partial charge in [0.25, 0.3) is 0 Å². The Labute approximate surface area is 178 Å². The van der Waals surface area contributed by atoms with Gasteiger partial charge in [0.05, 0.1) is 18.3 Å². The Kier molecular flexibility index (Phi) is 9.32. The molecule has 1 aromatic rings. The first-order chi connectivity index (χ1) is 13.9. The summed E-state index contributed by atoms with van der Waals surface area (Å²) in [6, 6.07) is 0.372. The number of aryl methyl sites for hydroxylation is 1. The third kappa shape index (κ3) is 6.65. The van der Waals surface area contributed by atoms with Crippen LogP contribution in [0.25, 0.3) is 0 Å². The number of nitrogens with zero attached hydrogens (tertiary/aromatic N) is 4. The van der Waals surface area contributed by atoms with Gasteiger partial charge in [0.2, 0.25) is 0 Å². The molecule has 1 saturated heterocycles. The SMILES string of the molecule is CCOC(=O)c1sc(C(C)NC(=NC)NCC(C)N2CCN(CC)CC2)nc1C. The van der Waals surface area contributed by atoms with Gasteiger partial charge >= 0.3 is 5.97 Å². The highest BCUT2D eigenvalue weighted by Crippen LogP contribution is 2.24. The third-order valence-electron chi connectivity index (χ3n) is 5.26. The minimum atomic E-state index is -0.305. The summed E-state index contributed by atoms with van der Waals surface area (Å²) in [5, 5.41) is 7.65. The van der Waals surface area contributed by atoms with Crippen molar-refractivity contribution in [3.05, 3.63) is 15.6 Å². The van der Waals surface area contributed by atoms with Gasteiger partial charge in [-0.1, -0.05) is 6.92 Å². The van der Waals surface area contributed by atoms with Crippen molar-refractivity contribution >= 4 is 23.3 Å². The number of carbonyl (C=O) groups is 1. The molecule has 2 N–H and O–H groups in total. The molecule has 8 nitrogen and oxygen atoms in total. The lowest BCUT2D eigenvalue weighted by atomic mass is 10.2. The van der Waals surface area contributed by atoms with E-state index in [4.69, 9.17) is 4.74 Å². The first-order valence-corrected chi connectivity index (χ1v) is 11.3. The number of guanidine groups is 1. The highest BCUT2D eigenvalue weighted by atomic mass is 32.1. The van der Waals surface area contributed by atoms with Crippen LogP contribution in [-0.4, -0.2) is 85.7 Å². The lowest BCUT2D eigenvalue weighted by molar-refractivity contribution is 0.0531. The fraction of sp³-hybridized carbons (Fsp3) is 0.750. The van der Waals surface area contributed by atoms with Crippen molar-refractivity contribution in [3.63, 3.8) is 0 Å². The van der Waals surface area contributed by atoms with Gasteiger partial charge < -0.3 is 20.3 Å². The normalized spacial score (nSPS) is 18.3. The molecule has 0 radical (unpaired) electrons. The predicted octanol–water partition coefficient (Wildman–Crippen LogP) is 1.88. The summed E-state index contributed by atoms with van der Waals surface area (Å²) >= 11 is 1.37. The number of rotatable bonds is 8. The molecule has 29 heavy (non-hydrogen) atoms. The Balaban J connectivity index is 1.86. The largest absolute Gasteiger partial charge is 0.462 e. The van der Waals surface area contributed by atoms with Gasteiger partial charge in [-0.3, -0.25) is 9.89 Å². The van der Waals surface area contributed by atoms with E-state index >= 15 is 0 Å². The Morgan fingerprint density at radius 3 is 2.55 bits per heavy atom. The van der Waals surface area contributed by atoms with E-state index in [1.54, 1.807) is 14.0 Å². The number of hydrogen-bond donors (Lipinski definition) is 2. The summed E-state index contributed by atoms with van der Waals surface area (Å²) in [4.78, 5) is 26.5. The average molecular weight is 425 g/mol. The summed E-state index contributed by atoms with van der Waals surface area (Å²) in [5.41, 5.74) is 0.708. The Bertz CT molecular complexity index is 685. The van der Waals surface area contributed by atoms with E-state index in [0.717, 1.165) is 50.2 Å². The van der Waals surface area contributed by atoms with Crippen LogP contribution in [-0.2, 0) is 4.74 Å². The number of thiazole rings is 1. The van der Waals surface area contributed by atoms with Crippen molar-refractivity contribution in [2.45, 2.75) is 46.7 Å². The third-order valence-corrected chi connectivity index (χ3v) is 6.58. The van der Waals surface area contributed by atoms with E-state index in [0.29, 0.717) is 23.2 Å². The monoisotopic (exact) mass is 424 g/mol. The Morgan fingerprint density at radius 2 is 1.97 bits per heavy atom. The average Bonchev–Trinajstić information content (AvgIpc) is 3.12. The fourth-order valence-corrected chi connectivity index (χ4v) is 4.31. The number of esters is 1. The number of aliphatic imine (C=N–C) groups is 1. The molecule has 0 aromatic carbocycles. The molecule has 2 heterocycles. The van der Waals surface area contributed by atoms with Crippen molar-refractivity contribution in [3.8, 4) is 0 Å². The van der Waals surface area contributed by atoms with Crippen molar-refractivity contribution < 1.29 is 9.53 Å². The molecule has 2 rings (SSSR count). The van der Waals surface area contributed by atoms with Crippen LogP contribution in [0.2, 0.25) is 0 Å². The molecule has 2 atom stereocenters. The summed E-state index contributed by atoms with van der Waals surface area (Å²) in [6.45, 7) is 16.9. The molecule has 1 aliphatic rings. The number of hydrogen-bond acceptors (Lipinski definition) is 7. The van der Waals surface area contributed by atoms with Gasteiger partial charge in [-0.05, 0) is 34.2 Å². The quantitative estimate of drug-likeness (QED) is 0.375. The summed E-state index contributed by atoms with van der Waals surface area (Å²) in [7, 11) is 1.77. The summed E-state index contributed by atoms with van der Waals surface area (Å²) in [5.74, 6) is 0.433. The van der Waals surface area contributed by atoms with Crippen molar-refractivity contribution in [1.29, 1.82) is 0 Å². The number of piperazine rings is 1. The minimum Gasteiger partial charge on any atom is -0.462 e. The lowest BCUT2D eigenvalue weighted by Gasteiger charge is -2.37. The lowest BCUT2D eigenvalue weighted by Crippen LogP contribution is -2.53. The molecular weight excluding hydrogens is 388 g/mol. The Hall–Kier alpha value is -1.71. The number of nitrogens with one attached hydrogen (secondary N) is 2. The zero-order chi connectivity index (χ0) is 21.4. The molecule has 0 spiro atoms. The van der Waals surface area contributed by atoms with Crippen LogP contribution in [0.1, 0.15) is 54.1 Å². The van der Waals surface area contributed by atoms with E-state index < -0.39 is 0 Å². The van der Waals surface area contributed by atoms with Crippen LogP contribution in [0.3, 0.4) is 0 Å². The van der Waals surface area contributed by atoms with Gasteiger partial charge in [-0.25, -0.2) is 9.78 Å². The second-order valence-corrected chi connectivity index (χ2v) is 8.36. The van der Waals surface area contributed by atoms with Gasteiger partial charge in [-0.15, -0.1) is 11.3 Å².